The first-order valence-corrected chi connectivity index (χ1v) is 9.06. The minimum atomic E-state index is -0.438. The summed E-state index contributed by atoms with van der Waals surface area (Å²) >= 11 is 6.03. The number of hydrogen-bond donors (Lipinski definition) is 0. The normalized spacial score (nSPS) is 16.9. The number of nitrogens with zero attached hydrogens (tertiary/aromatic N) is 2. The molecule has 1 aliphatic rings. The van der Waals surface area contributed by atoms with Gasteiger partial charge in [0.05, 0.1) is 12.5 Å². The van der Waals surface area contributed by atoms with Crippen LogP contribution < -0.4 is 4.90 Å². The van der Waals surface area contributed by atoms with E-state index >= 15 is 0 Å². The van der Waals surface area contributed by atoms with Crippen molar-refractivity contribution in [3.63, 3.8) is 0 Å². The summed E-state index contributed by atoms with van der Waals surface area (Å²) < 4.78 is 10.8. The Morgan fingerprint density at radius 2 is 2.19 bits per heavy atom. The lowest BCUT2D eigenvalue weighted by Gasteiger charge is -2.16. The van der Waals surface area contributed by atoms with Crippen LogP contribution in [0.3, 0.4) is 0 Å². The molecule has 0 spiro atoms. The fraction of sp³-hybridized carbons (Fsp3) is 0.250. The first kappa shape index (κ1) is 17.5. The summed E-state index contributed by atoms with van der Waals surface area (Å²) in [6.07, 6.45) is 0.156. The van der Waals surface area contributed by atoms with Crippen LogP contribution in [0, 0.1) is 5.92 Å². The Kier molecular flexibility index (Phi) is 4.58. The molecule has 0 aliphatic carbocycles. The Balaban J connectivity index is 1.62. The molecule has 3 aromatic rings. The van der Waals surface area contributed by atoms with E-state index in [1.54, 1.807) is 42.2 Å². The second-order valence-corrected chi connectivity index (χ2v) is 6.78. The molecule has 27 heavy (non-hydrogen) atoms. The van der Waals surface area contributed by atoms with Crippen molar-refractivity contribution >= 4 is 40.3 Å². The molecule has 1 saturated heterocycles. The van der Waals surface area contributed by atoms with Gasteiger partial charge in [-0.2, -0.15) is 0 Å². The van der Waals surface area contributed by atoms with Crippen LogP contribution in [0.25, 0.3) is 22.6 Å². The van der Waals surface area contributed by atoms with Gasteiger partial charge in [0.15, 0.2) is 5.58 Å². The zero-order valence-electron chi connectivity index (χ0n) is 14.6. The summed E-state index contributed by atoms with van der Waals surface area (Å²) in [6.45, 7) is 2.37. The highest BCUT2D eigenvalue weighted by Gasteiger charge is 2.36. The molecule has 1 amide bonds. The maximum absolute atomic E-state index is 12.4. The van der Waals surface area contributed by atoms with Crippen molar-refractivity contribution in [2.24, 2.45) is 5.92 Å². The summed E-state index contributed by atoms with van der Waals surface area (Å²) in [7, 11) is 0. The number of esters is 1. The number of oxazole rings is 1. The monoisotopic (exact) mass is 384 g/mol. The number of carbonyl (C=O) groups excluding carboxylic acids is 2. The van der Waals surface area contributed by atoms with E-state index in [0.717, 1.165) is 5.56 Å². The molecule has 1 aromatic heterocycles. The predicted molar refractivity (Wildman–Crippen MR) is 102 cm³/mol. The van der Waals surface area contributed by atoms with E-state index in [9.17, 15) is 9.59 Å². The number of ether oxygens (including phenoxy) is 1. The molecule has 0 saturated carbocycles. The maximum Gasteiger partial charge on any atom is 0.311 e. The summed E-state index contributed by atoms with van der Waals surface area (Å²) in [4.78, 5) is 30.4. The first-order valence-electron chi connectivity index (χ1n) is 8.68. The third kappa shape index (κ3) is 3.40. The average molecular weight is 385 g/mol. The smallest absolute Gasteiger partial charge is 0.311 e. The van der Waals surface area contributed by atoms with Crippen molar-refractivity contribution in [1.29, 1.82) is 0 Å². The molecule has 4 rings (SSSR count). The number of fused-ring (bicyclic) bond motifs is 1. The molecule has 7 heteroatoms. The van der Waals surface area contributed by atoms with Gasteiger partial charge in [-0.1, -0.05) is 17.7 Å². The number of rotatable bonds is 4. The summed E-state index contributed by atoms with van der Waals surface area (Å²) in [5, 5.41) is 0.600. The standard InChI is InChI=1S/C20H17ClN2O4/c1-2-26-20(25)13-9-18(24)23(11-13)15-6-7-17-16(10-15)22-19(27-17)12-4-3-5-14(21)8-12/h3-8,10,13H,2,9,11H2,1H3/t13-/m0/s1. The van der Waals surface area contributed by atoms with Gasteiger partial charge in [-0.3, -0.25) is 9.59 Å². The van der Waals surface area contributed by atoms with Crippen LogP contribution in [0.15, 0.2) is 46.9 Å². The third-order valence-electron chi connectivity index (χ3n) is 4.50. The van der Waals surface area contributed by atoms with Crippen molar-refractivity contribution in [2.45, 2.75) is 13.3 Å². The van der Waals surface area contributed by atoms with Gasteiger partial charge < -0.3 is 14.1 Å². The van der Waals surface area contributed by atoms with Gasteiger partial charge in [-0.25, -0.2) is 4.98 Å². The predicted octanol–water partition coefficient (Wildman–Crippen LogP) is 4.06. The lowest BCUT2D eigenvalue weighted by molar-refractivity contribution is -0.147. The number of aromatic nitrogens is 1. The molecular formula is C20H17ClN2O4. The van der Waals surface area contributed by atoms with Gasteiger partial charge >= 0.3 is 5.97 Å². The van der Waals surface area contributed by atoms with Crippen LogP contribution in [0.1, 0.15) is 13.3 Å². The van der Waals surface area contributed by atoms with E-state index in [1.807, 2.05) is 12.1 Å². The summed E-state index contributed by atoms with van der Waals surface area (Å²) in [6, 6.07) is 12.6. The van der Waals surface area contributed by atoms with E-state index in [2.05, 4.69) is 4.98 Å². The van der Waals surface area contributed by atoms with Crippen molar-refractivity contribution in [3.8, 4) is 11.5 Å². The van der Waals surface area contributed by atoms with Gasteiger partial charge in [0, 0.05) is 29.2 Å². The average Bonchev–Trinajstić information content (AvgIpc) is 3.25. The highest BCUT2D eigenvalue weighted by atomic mass is 35.5. The highest BCUT2D eigenvalue weighted by molar-refractivity contribution is 6.30. The molecule has 0 radical (unpaired) electrons. The molecule has 0 N–H and O–H groups in total. The van der Waals surface area contributed by atoms with Crippen molar-refractivity contribution < 1.29 is 18.7 Å². The molecule has 2 heterocycles. The van der Waals surface area contributed by atoms with E-state index in [4.69, 9.17) is 20.8 Å². The molecular weight excluding hydrogens is 368 g/mol. The van der Waals surface area contributed by atoms with Crippen LogP contribution in [0.4, 0.5) is 5.69 Å². The molecule has 0 bridgehead atoms. The minimum Gasteiger partial charge on any atom is -0.466 e. The number of benzene rings is 2. The van der Waals surface area contributed by atoms with Gasteiger partial charge in [0.1, 0.15) is 5.52 Å². The number of carbonyl (C=O) groups is 2. The Morgan fingerprint density at radius 3 is 2.96 bits per heavy atom. The Morgan fingerprint density at radius 1 is 1.33 bits per heavy atom. The van der Waals surface area contributed by atoms with Crippen LogP contribution >= 0.6 is 11.6 Å². The Bertz CT molecular complexity index is 1030. The first-order chi connectivity index (χ1) is 13.0. The van der Waals surface area contributed by atoms with E-state index in [0.29, 0.717) is 40.9 Å². The number of amides is 1. The van der Waals surface area contributed by atoms with Crippen LogP contribution in [0.5, 0.6) is 0 Å². The zero-order valence-corrected chi connectivity index (χ0v) is 15.4. The fourth-order valence-corrected chi connectivity index (χ4v) is 3.39. The molecule has 1 atom stereocenters. The number of hydrogen-bond acceptors (Lipinski definition) is 5. The van der Waals surface area contributed by atoms with Crippen molar-refractivity contribution in [1.82, 2.24) is 4.98 Å². The second kappa shape index (κ2) is 7.04. The van der Waals surface area contributed by atoms with Gasteiger partial charge in [0.25, 0.3) is 0 Å². The summed E-state index contributed by atoms with van der Waals surface area (Å²) in [5.41, 5.74) is 2.71. The Labute approximate surface area is 160 Å². The molecule has 2 aromatic carbocycles. The van der Waals surface area contributed by atoms with E-state index in [1.165, 1.54) is 0 Å². The topological polar surface area (TPSA) is 72.6 Å². The molecule has 0 unspecified atom stereocenters. The molecule has 1 fully saturated rings. The maximum atomic E-state index is 12.4. The van der Waals surface area contributed by atoms with Gasteiger partial charge in [-0.15, -0.1) is 0 Å². The molecule has 6 nitrogen and oxygen atoms in total. The number of anilines is 1. The third-order valence-corrected chi connectivity index (χ3v) is 4.73. The second-order valence-electron chi connectivity index (χ2n) is 6.34. The SMILES string of the molecule is CCOC(=O)[C@H]1CC(=O)N(c2ccc3oc(-c4cccc(Cl)c4)nc3c2)C1. The summed E-state index contributed by atoms with van der Waals surface area (Å²) in [5.74, 6) is -0.417. The fourth-order valence-electron chi connectivity index (χ4n) is 3.20. The van der Waals surface area contributed by atoms with E-state index in [-0.39, 0.29) is 18.3 Å². The minimum absolute atomic E-state index is 0.106. The van der Waals surface area contributed by atoms with E-state index < -0.39 is 5.92 Å². The molecule has 1 aliphatic heterocycles. The number of halogens is 1. The molecule has 138 valence electrons. The quantitative estimate of drug-likeness (QED) is 0.634. The Hall–Kier alpha value is -2.86. The lowest BCUT2D eigenvalue weighted by Crippen LogP contribution is -2.26. The van der Waals surface area contributed by atoms with Crippen molar-refractivity contribution in [2.75, 3.05) is 18.1 Å². The largest absolute Gasteiger partial charge is 0.466 e. The highest BCUT2D eigenvalue weighted by Crippen LogP contribution is 2.31. The lowest BCUT2D eigenvalue weighted by atomic mass is 10.1. The van der Waals surface area contributed by atoms with Crippen LogP contribution in [0.2, 0.25) is 5.02 Å². The van der Waals surface area contributed by atoms with Crippen molar-refractivity contribution in [3.05, 3.63) is 47.5 Å². The van der Waals surface area contributed by atoms with Gasteiger partial charge in [-0.05, 0) is 43.3 Å². The van der Waals surface area contributed by atoms with Crippen LogP contribution in [-0.4, -0.2) is 30.0 Å². The van der Waals surface area contributed by atoms with Crippen LogP contribution in [-0.2, 0) is 14.3 Å². The zero-order chi connectivity index (χ0) is 19.0. The van der Waals surface area contributed by atoms with Gasteiger partial charge in [0.2, 0.25) is 11.8 Å².